The van der Waals surface area contributed by atoms with Crippen molar-refractivity contribution in [3.8, 4) is 11.5 Å². The van der Waals surface area contributed by atoms with E-state index in [0.717, 1.165) is 5.56 Å². The van der Waals surface area contributed by atoms with Crippen LogP contribution in [0.25, 0.3) is 0 Å². The van der Waals surface area contributed by atoms with Crippen molar-refractivity contribution in [2.75, 3.05) is 20.0 Å². The van der Waals surface area contributed by atoms with Crippen LogP contribution in [0.5, 0.6) is 11.5 Å². The average molecular weight is 419 g/mol. The minimum Gasteiger partial charge on any atom is -0.493 e. The fraction of sp³-hybridized carbons (Fsp3) is 0.333. The van der Waals surface area contributed by atoms with Crippen molar-refractivity contribution < 1.29 is 28.0 Å². The monoisotopic (exact) mass is 419 g/mol. The van der Waals surface area contributed by atoms with E-state index < -0.39 is 28.8 Å². The molecule has 2 aromatic carbocycles. The average Bonchev–Trinajstić information content (AvgIpc) is 2.76. The van der Waals surface area contributed by atoms with Gasteiger partial charge in [0.2, 0.25) is 0 Å². The van der Waals surface area contributed by atoms with Gasteiger partial charge in [0.05, 0.1) is 35.5 Å². The van der Waals surface area contributed by atoms with Crippen molar-refractivity contribution in [1.29, 1.82) is 0 Å². The molecule has 7 nitrogen and oxygen atoms in total. The molecule has 1 amide bonds. The maximum Gasteiger partial charge on any atom is 0.340 e. The summed E-state index contributed by atoms with van der Waals surface area (Å²) in [6, 6.07) is 11.8. The Morgan fingerprint density at radius 1 is 1.07 bits per heavy atom. The number of hydrogen-bond acceptors (Lipinski definition) is 6. The van der Waals surface area contributed by atoms with Crippen molar-refractivity contribution in [3.05, 3.63) is 53.6 Å². The number of ether oxygens (including phenoxy) is 3. The van der Waals surface area contributed by atoms with Gasteiger partial charge in [0, 0.05) is 12.3 Å². The van der Waals surface area contributed by atoms with Gasteiger partial charge in [-0.05, 0) is 36.8 Å². The quantitative estimate of drug-likeness (QED) is 0.629. The van der Waals surface area contributed by atoms with Crippen LogP contribution >= 0.6 is 0 Å². The minimum absolute atomic E-state index is 0.201. The minimum atomic E-state index is -1.31. The molecule has 29 heavy (non-hydrogen) atoms. The van der Waals surface area contributed by atoms with Crippen molar-refractivity contribution in [1.82, 2.24) is 5.32 Å². The van der Waals surface area contributed by atoms with E-state index in [9.17, 15) is 13.8 Å². The van der Waals surface area contributed by atoms with Crippen LogP contribution in [0.1, 0.15) is 29.8 Å². The molecule has 0 heterocycles. The third kappa shape index (κ3) is 5.80. The fourth-order valence-corrected chi connectivity index (χ4v) is 3.53. The first-order valence-electron chi connectivity index (χ1n) is 9.08. The molecule has 156 valence electrons. The van der Waals surface area contributed by atoms with E-state index in [2.05, 4.69) is 5.32 Å². The van der Waals surface area contributed by atoms with Crippen molar-refractivity contribution in [3.63, 3.8) is 0 Å². The van der Waals surface area contributed by atoms with Crippen LogP contribution in [0, 0.1) is 0 Å². The Morgan fingerprint density at radius 2 is 1.76 bits per heavy atom. The molecule has 0 bridgehead atoms. The summed E-state index contributed by atoms with van der Waals surface area (Å²) >= 11 is 0. The van der Waals surface area contributed by atoms with Crippen LogP contribution in [0.4, 0.5) is 0 Å². The van der Waals surface area contributed by atoms with Gasteiger partial charge in [-0.15, -0.1) is 0 Å². The Morgan fingerprint density at radius 3 is 2.41 bits per heavy atom. The highest BCUT2D eigenvalue weighted by Gasteiger charge is 2.22. The second kappa shape index (κ2) is 10.6. The second-order valence-electron chi connectivity index (χ2n) is 6.09. The van der Waals surface area contributed by atoms with Crippen LogP contribution in [0.2, 0.25) is 0 Å². The molecule has 1 N–H and O–H groups in total. The standard InChI is InChI=1S/C21H25NO6S/c1-5-29(25)19-9-7-6-8-16(19)21(24)28-14(2)20(23)22-13-15-10-11-17(26-3)18(12-15)27-4/h6-12,14H,5,13H2,1-4H3,(H,22,23)/t14-,29-/m1/s1. The molecule has 0 aromatic heterocycles. The maximum atomic E-state index is 12.5. The van der Waals surface area contributed by atoms with Crippen molar-refractivity contribution in [2.45, 2.75) is 31.4 Å². The lowest BCUT2D eigenvalue weighted by atomic mass is 10.2. The van der Waals surface area contributed by atoms with E-state index in [0.29, 0.717) is 22.1 Å². The number of amides is 1. The number of carbonyl (C=O) groups is 2. The van der Waals surface area contributed by atoms with E-state index in [1.54, 1.807) is 56.5 Å². The largest absolute Gasteiger partial charge is 0.493 e. The third-order valence-electron chi connectivity index (χ3n) is 4.18. The molecular weight excluding hydrogens is 394 g/mol. The Bertz CT molecular complexity index is 898. The summed E-state index contributed by atoms with van der Waals surface area (Å²) in [4.78, 5) is 25.2. The van der Waals surface area contributed by atoms with Crippen LogP contribution in [-0.4, -0.2) is 42.2 Å². The SMILES string of the molecule is CC[S@@](=O)c1ccccc1C(=O)O[C@H](C)C(=O)NCc1ccc(OC)c(OC)c1. The molecule has 2 aromatic rings. The molecule has 0 saturated heterocycles. The molecule has 2 rings (SSSR count). The number of nitrogens with one attached hydrogen (secondary N) is 1. The van der Waals surface area contributed by atoms with E-state index in [1.807, 2.05) is 0 Å². The van der Waals surface area contributed by atoms with Crippen molar-refractivity contribution >= 4 is 22.7 Å². The van der Waals surface area contributed by atoms with Gasteiger partial charge in [0.1, 0.15) is 0 Å². The molecule has 0 spiro atoms. The van der Waals surface area contributed by atoms with E-state index >= 15 is 0 Å². The zero-order valence-electron chi connectivity index (χ0n) is 16.9. The summed E-state index contributed by atoms with van der Waals surface area (Å²) < 4.78 is 27.8. The van der Waals surface area contributed by atoms with Gasteiger partial charge in [-0.1, -0.05) is 25.1 Å². The molecular formula is C21H25NO6S. The predicted octanol–water partition coefficient (Wildman–Crippen LogP) is 2.69. The molecule has 8 heteroatoms. The van der Waals surface area contributed by atoms with Gasteiger partial charge in [-0.3, -0.25) is 9.00 Å². The zero-order valence-corrected chi connectivity index (χ0v) is 17.7. The van der Waals surface area contributed by atoms with Gasteiger partial charge in [-0.25, -0.2) is 4.79 Å². The fourth-order valence-electron chi connectivity index (χ4n) is 2.59. The number of carbonyl (C=O) groups excluding carboxylic acids is 2. The summed E-state index contributed by atoms with van der Waals surface area (Å²) in [5, 5.41) is 2.72. The highest BCUT2D eigenvalue weighted by Crippen LogP contribution is 2.27. The smallest absolute Gasteiger partial charge is 0.340 e. The molecule has 0 aliphatic heterocycles. The number of benzene rings is 2. The second-order valence-corrected chi connectivity index (χ2v) is 7.79. The summed E-state index contributed by atoms with van der Waals surface area (Å²) in [6.07, 6.45) is -1.01. The van der Waals surface area contributed by atoms with Crippen LogP contribution in [0.15, 0.2) is 47.4 Å². The molecule has 0 fully saturated rings. The third-order valence-corrected chi connectivity index (χ3v) is 5.55. The molecule has 0 aliphatic carbocycles. The summed E-state index contributed by atoms with van der Waals surface area (Å²) in [7, 11) is 1.77. The van der Waals surface area contributed by atoms with E-state index in [4.69, 9.17) is 14.2 Å². The molecule has 0 unspecified atom stereocenters. The molecule has 0 radical (unpaired) electrons. The number of rotatable bonds is 9. The van der Waals surface area contributed by atoms with Crippen molar-refractivity contribution in [2.24, 2.45) is 0 Å². The van der Waals surface area contributed by atoms with Crippen LogP contribution in [0.3, 0.4) is 0 Å². The Balaban J connectivity index is 1.99. The van der Waals surface area contributed by atoms with Gasteiger partial charge < -0.3 is 19.5 Å². The molecule has 2 atom stereocenters. The highest BCUT2D eigenvalue weighted by molar-refractivity contribution is 7.85. The first-order chi connectivity index (χ1) is 13.9. The van der Waals surface area contributed by atoms with Gasteiger partial charge >= 0.3 is 5.97 Å². The summed E-state index contributed by atoms with van der Waals surface area (Å²) in [5.74, 6) is 0.400. The van der Waals surface area contributed by atoms with Gasteiger partial charge in [0.25, 0.3) is 5.91 Å². The Kier molecular flexibility index (Phi) is 8.21. The molecule has 0 aliphatic rings. The van der Waals surface area contributed by atoms with E-state index in [1.165, 1.54) is 14.0 Å². The van der Waals surface area contributed by atoms with Gasteiger partial charge in [0.15, 0.2) is 17.6 Å². The lowest BCUT2D eigenvalue weighted by Gasteiger charge is -2.15. The first-order valence-corrected chi connectivity index (χ1v) is 10.4. The summed E-state index contributed by atoms with van der Waals surface area (Å²) in [5.41, 5.74) is 1.01. The number of hydrogen-bond donors (Lipinski definition) is 1. The Hall–Kier alpha value is -2.87. The maximum absolute atomic E-state index is 12.5. The molecule has 0 saturated carbocycles. The predicted molar refractivity (Wildman–Crippen MR) is 110 cm³/mol. The number of esters is 1. The lowest BCUT2D eigenvalue weighted by molar-refractivity contribution is -0.129. The first kappa shape index (κ1) is 22.4. The lowest BCUT2D eigenvalue weighted by Crippen LogP contribution is -2.35. The summed E-state index contributed by atoms with van der Waals surface area (Å²) in [6.45, 7) is 3.49. The topological polar surface area (TPSA) is 90.9 Å². The van der Waals surface area contributed by atoms with Gasteiger partial charge in [-0.2, -0.15) is 0 Å². The normalized spacial score (nSPS) is 12.6. The van der Waals surface area contributed by atoms with Crippen LogP contribution < -0.4 is 14.8 Å². The highest BCUT2D eigenvalue weighted by atomic mass is 32.2. The number of methoxy groups -OCH3 is 2. The Labute approximate surface area is 172 Å². The van der Waals surface area contributed by atoms with E-state index in [-0.39, 0.29) is 12.1 Å². The van der Waals surface area contributed by atoms with Crippen LogP contribution in [-0.2, 0) is 26.9 Å². The zero-order chi connectivity index (χ0) is 21.4.